The second-order valence-electron chi connectivity index (χ2n) is 5.17. The summed E-state index contributed by atoms with van der Waals surface area (Å²) < 4.78 is 0. The fourth-order valence-electron chi connectivity index (χ4n) is 2.54. The average molecular weight is 303 g/mol. The van der Waals surface area contributed by atoms with E-state index in [-0.39, 0.29) is 18.3 Å². The van der Waals surface area contributed by atoms with Crippen LogP contribution in [0.25, 0.3) is 0 Å². The molecule has 1 saturated heterocycles. The van der Waals surface area contributed by atoms with Gasteiger partial charge >= 0.3 is 0 Å². The Balaban J connectivity index is 0.00000180. The number of thiophene rings is 1. The molecule has 1 aromatic heterocycles. The number of aryl methyl sites for hydroxylation is 2. The van der Waals surface area contributed by atoms with Crippen molar-refractivity contribution in [3.05, 3.63) is 21.4 Å². The predicted molar refractivity (Wildman–Crippen MR) is 83.6 cm³/mol. The van der Waals surface area contributed by atoms with Crippen LogP contribution in [0.5, 0.6) is 0 Å². The molecule has 1 N–H and O–H groups in total. The second-order valence-corrected chi connectivity index (χ2v) is 6.42. The zero-order chi connectivity index (χ0) is 13.1. The van der Waals surface area contributed by atoms with Gasteiger partial charge in [0.1, 0.15) is 0 Å². The van der Waals surface area contributed by atoms with E-state index in [0.29, 0.717) is 5.92 Å². The molecule has 2 heterocycles. The van der Waals surface area contributed by atoms with E-state index in [4.69, 9.17) is 0 Å². The zero-order valence-electron chi connectivity index (χ0n) is 11.9. The van der Waals surface area contributed by atoms with Crippen LogP contribution < -0.4 is 5.32 Å². The monoisotopic (exact) mass is 302 g/mol. The normalized spacial score (nSPS) is 19.1. The van der Waals surface area contributed by atoms with Crippen LogP contribution in [-0.4, -0.2) is 37.5 Å². The first-order chi connectivity index (χ1) is 8.61. The van der Waals surface area contributed by atoms with Gasteiger partial charge in [0.15, 0.2) is 0 Å². The number of likely N-dealkylation sites (tertiary alicyclic amines) is 1. The molecule has 0 saturated carbocycles. The number of nitrogens with one attached hydrogen (secondary N) is 1. The molecule has 108 valence electrons. The summed E-state index contributed by atoms with van der Waals surface area (Å²) in [5, 5.41) is 3.21. The summed E-state index contributed by atoms with van der Waals surface area (Å²) in [7, 11) is 1.98. The molecule has 1 aromatic rings. The number of rotatable bonds is 3. The summed E-state index contributed by atoms with van der Waals surface area (Å²) in [5.74, 6) is 0.826. The quantitative estimate of drug-likeness (QED) is 0.931. The maximum Gasteiger partial charge on any atom is 0.263 e. The highest BCUT2D eigenvalue weighted by Gasteiger charge is 2.25. The molecule has 0 aliphatic carbocycles. The topological polar surface area (TPSA) is 32.3 Å². The molecule has 1 unspecified atom stereocenters. The molecule has 0 spiro atoms. The van der Waals surface area contributed by atoms with E-state index in [1.165, 1.54) is 16.9 Å². The van der Waals surface area contributed by atoms with Gasteiger partial charge in [-0.1, -0.05) is 0 Å². The molecule has 3 nitrogen and oxygen atoms in total. The van der Waals surface area contributed by atoms with Crippen molar-refractivity contribution in [3.63, 3.8) is 0 Å². The molecule has 0 bridgehead atoms. The van der Waals surface area contributed by atoms with Crippen molar-refractivity contribution in [2.24, 2.45) is 5.92 Å². The third kappa shape index (κ3) is 3.94. The molecule has 5 heteroatoms. The Morgan fingerprint density at radius 2 is 2.26 bits per heavy atom. The lowest BCUT2D eigenvalue weighted by molar-refractivity contribution is 0.0679. The van der Waals surface area contributed by atoms with Crippen LogP contribution in [0.1, 0.15) is 33.0 Å². The van der Waals surface area contributed by atoms with E-state index in [1.54, 1.807) is 11.3 Å². The summed E-state index contributed by atoms with van der Waals surface area (Å²) in [5.41, 5.74) is 1.23. The molecule has 1 amide bonds. The second kappa shape index (κ2) is 7.27. The van der Waals surface area contributed by atoms with E-state index >= 15 is 0 Å². The van der Waals surface area contributed by atoms with E-state index < -0.39 is 0 Å². The smallest absolute Gasteiger partial charge is 0.263 e. The van der Waals surface area contributed by atoms with Gasteiger partial charge in [-0.05, 0) is 57.8 Å². The van der Waals surface area contributed by atoms with E-state index in [1.807, 2.05) is 18.0 Å². The van der Waals surface area contributed by atoms with Crippen molar-refractivity contribution in [2.45, 2.75) is 26.7 Å². The van der Waals surface area contributed by atoms with E-state index in [9.17, 15) is 4.79 Å². The van der Waals surface area contributed by atoms with Gasteiger partial charge < -0.3 is 10.2 Å². The van der Waals surface area contributed by atoms with E-state index in [2.05, 4.69) is 19.2 Å². The Morgan fingerprint density at radius 1 is 1.53 bits per heavy atom. The summed E-state index contributed by atoms with van der Waals surface area (Å²) in [6.45, 7) is 6.97. The number of carbonyl (C=O) groups is 1. The Bertz CT molecular complexity index is 412. The molecule has 19 heavy (non-hydrogen) atoms. The minimum Gasteiger partial charge on any atom is -0.338 e. The van der Waals surface area contributed by atoms with Gasteiger partial charge in [0.25, 0.3) is 5.91 Å². The maximum atomic E-state index is 12.4. The highest BCUT2D eigenvalue weighted by atomic mass is 35.5. The largest absolute Gasteiger partial charge is 0.338 e. The van der Waals surface area contributed by atoms with Crippen LogP contribution in [0.3, 0.4) is 0 Å². The first kappa shape index (κ1) is 16.5. The number of amides is 1. The Labute approximate surface area is 125 Å². The standard InChI is InChI=1S/C14H22N2OS.ClH/c1-10-7-13(18-11(10)2)14(17)16-6-4-5-12(9-16)8-15-3;/h7,12,15H,4-6,8-9H2,1-3H3;1H. The number of carbonyl (C=O) groups excluding carboxylic acids is 1. The Hall–Kier alpha value is -0.580. The maximum absolute atomic E-state index is 12.4. The van der Waals surface area contributed by atoms with Crippen molar-refractivity contribution in [2.75, 3.05) is 26.7 Å². The third-order valence-corrected chi connectivity index (χ3v) is 4.82. The molecule has 2 rings (SSSR count). The van der Waals surface area contributed by atoms with Crippen molar-refractivity contribution >= 4 is 29.7 Å². The lowest BCUT2D eigenvalue weighted by Gasteiger charge is -2.32. The molecule has 1 aliphatic heterocycles. The van der Waals surface area contributed by atoms with Gasteiger partial charge in [-0.15, -0.1) is 23.7 Å². The van der Waals surface area contributed by atoms with Gasteiger partial charge in [0, 0.05) is 18.0 Å². The van der Waals surface area contributed by atoms with Gasteiger partial charge in [-0.2, -0.15) is 0 Å². The molecular weight excluding hydrogens is 280 g/mol. The van der Waals surface area contributed by atoms with Crippen LogP contribution in [0.4, 0.5) is 0 Å². The summed E-state index contributed by atoms with van der Waals surface area (Å²) in [6.07, 6.45) is 2.36. The fraction of sp³-hybridized carbons (Fsp3) is 0.643. The Morgan fingerprint density at radius 3 is 2.84 bits per heavy atom. The lowest BCUT2D eigenvalue weighted by Crippen LogP contribution is -2.42. The number of piperidine rings is 1. The molecule has 0 aromatic carbocycles. The van der Waals surface area contributed by atoms with Crippen molar-refractivity contribution in [1.82, 2.24) is 10.2 Å². The number of halogens is 1. The predicted octanol–water partition coefficient (Wildman–Crippen LogP) is 2.86. The van der Waals surface area contributed by atoms with Gasteiger partial charge in [-0.25, -0.2) is 0 Å². The van der Waals surface area contributed by atoms with Crippen LogP contribution in [0, 0.1) is 19.8 Å². The zero-order valence-corrected chi connectivity index (χ0v) is 13.5. The highest BCUT2D eigenvalue weighted by Crippen LogP contribution is 2.24. The number of hydrogen-bond acceptors (Lipinski definition) is 3. The van der Waals surface area contributed by atoms with Gasteiger partial charge in [0.2, 0.25) is 0 Å². The first-order valence-corrected chi connectivity index (χ1v) is 7.44. The third-order valence-electron chi connectivity index (χ3n) is 3.68. The minimum atomic E-state index is 0. The summed E-state index contributed by atoms with van der Waals surface area (Å²) in [4.78, 5) is 16.6. The summed E-state index contributed by atoms with van der Waals surface area (Å²) >= 11 is 1.62. The first-order valence-electron chi connectivity index (χ1n) is 6.62. The van der Waals surface area contributed by atoms with E-state index in [0.717, 1.165) is 30.9 Å². The van der Waals surface area contributed by atoms with Crippen LogP contribution in [-0.2, 0) is 0 Å². The van der Waals surface area contributed by atoms with Crippen molar-refractivity contribution in [1.29, 1.82) is 0 Å². The number of hydrogen-bond donors (Lipinski definition) is 1. The molecule has 1 atom stereocenters. The van der Waals surface area contributed by atoms with Crippen LogP contribution in [0.2, 0.25) is 0 Å². The van der Waals surface area contributed by atoms with Crippen LogP contribution in [0.15, 0.2) is 6.07 Å². The van der Waals surface area contributed by atoms with Crippen molar-refractivity contribution in [3.8, 4) is 0 Å². The van der Waals surface area contributed by atoms with Crippen molar-refractivity contribution < 1.29 is 4.79 Å². The highest BCUT2D eigenvalue weighted by molar-refractivity contribution is 7.14. The average Bonchev–Trinajstić information content (AvgIpc) is 2.69. The SMILES string of the molecule is CNCC1CCCN(C(=O)c2cc(C)c(C)s2)C1.Cl. The molecule has 0 radical (unpaired) electrons. The van der Waals surface area contributed by atoms with Gasteiger partial charge in [0.05, 0.1) is 4.88 Å². The van der Waals surface area contributed by atoms with Gasteiger partial charge in [-0.3, -0.25) is 4.79 Å². The fourth-order valence-corrected chi connectivity index (χ4v) is 3.54. The molecular formula is C14H23ClN2OS. The number of nitrogens with zero attached hydrogens (tertiary/aromatic N) is 1. The lowest BCUT2D eigenvalue weighted by atomic mass is 9.98. The Kier molecular flexibility index (Phi) is 6.30. The molecule has 1 fully saturated rings. The minimum absolute atomic E-state index is 0. The summed E-state index contributed by atoms with van der Waals surface area (Å²) in [6, 6.07) is 2.03. The molecule has 1 aliphatic rings. The van der Waals surface area contributed by atoms with Crippen LogP contribution >= 0.6 is 23.7 Å².